The summed E-state index contributed by atoms with van der Waals surface area (Å²) in [4.78, 5) is 2.62. The highest BCUT2D eigenvalue weighted by molar-refractivity contribution is 4.90. The molecular weight excluding hydrogens is 212 g/mol. The third-order valence-electron chi connectivity index (χ3n) is 4.80. The average Bonchev–Trinajstić information content (AvgIpc) is 2.41. The van der Waals surface area contributed by atoms with Crippen molar-refractivity contribution < 1.29 is 4.74 Å². The molecule has 17 heavy (non-hydrogen) atoms. The van der Waals surface area contributed by atoms with Crippen LogP contribution in [-0.2, 0) is 4.74 Å². The molecule has 4 aliphatic heterocycles. The predicted molar refractivity (Wildman–Crippen MR) is 69.2 cm³/mol. The van der Waals surface area contributed by atoms with E-state index in [1.165, 1.54) is 58.2 Å². The number of nitrogens with zero attached hydrogens (tertiary/aromatic N) is 1. The minimum Gasteiger partial charge on any atom is -0.378 e. The van der Waals surface area contributed by atoms with Gasteiger partial charge in [0.1, 0.15) is 0 Å². The predicted octanol–water partition coefficient (Wildman–Crippen LogP) is 1.63. The van der Waals surface area contributed by atoms with Gasteiger partial charge in [-0.25, -0.2) is 0 Å². The standard InChI is InChI=1S/C14H26N2O/c1-2-10-17-13(3-1)4-7-15-14-11-16-8-5-12(14)6-9-16/h12-15H,1-11H2. The molecule has 1 N–H and O–H groups in total. The zero-order valence-corrected chi connectivity index (χ0v) is 10.9. The van der Waals surface area contributed by atoms with Crippen molar-refractivity contribution in [2.24, 2.45) is 5.92 Å². The normalized spacial score (nSPS) is 41.6. The Morgan fingerprint density at radius 3 is 2.65 bits per heavy atom. The van der Waals surface area contributed by atoms with Crippen molar-refractivity contribution in [3.05, 3.63) is 0 Å². The number of rotatable bonds is 4. The van der Waals surface area contributed by atoms with Crippen molar-refractivity contribution in [2.75, 3.05) is 32.8 Å². The molecule has 98 valence electrons. The van der Waals surface area contributed by atoms with Crippen molar-refractivity contribution in [3.63, 3.8) is 0 Å². The Bertz CT molecular complexity index is 232. The Morgan fingerprint density at radius 2 is 2.00 bits per heavy atom. The summed E-state index contributed by atoms with van der Waals surface area (Å²) in [5.41, 5.74) is 0. The molecule has 0 amide bonds. The molecular formula is C14H26N2O. The highest BCUT2D eigenvalue weighted by atomic mass is 16.5. The molecule has 2 bridgehead atoms. The van der Waals surface area contributed by atoms with E-state index in [1.807, 2.05) is 0 Å². The van der Waals surface area contributed by atoms with E-state index in [2.05, 4.69) is 10.2 Å². The first-order valence-corrected chi connectivity index (χ1v) is 7.49. The molecule has 2 atom stereocenters. The molecule has 4 rings (SSSR count). The van der Waals surface area contributed by atoms with E-state index in [9.17, 15) is 0 Å². The van der Waals surface area contributed by atoms with Crippen LogP contribution in [0.15, 0.2) is 0 Å². The van der Waals surface area contributed by atoms with Crippen molar-refractivity contribution in [1.82, 2.24) is 10.2 Å². The summed E-state index contributed by atoms with van der Waals surface area (Å²) in [7, 11) is 0. The third kappa shape index (κ3) is 3.01. The van der Waals surface area contributed by atoms with Gasteiger partial charge >= 0.3 is 0 Å². The SMILES string of the molecule is C1CCC(CCNC2CN3CCC2CC3)OC1. The first kappa shape index (κ1) is 11.9. The second-order valence-electron chi connectivity index (χ2n) is 5.98. The summed E-state index contributed by atoms with van der Waals surface area (Å²) in [6, 6.07) is 0.765. The van der Waals surface area contributed by atoms with Crippen LogP contribution in [0.25, 0.3) is 0 Å². The minimum absolute atomic E-state index is 0.539. The van der Waals surface area contributed by atoms with Crippen LogP contribution in [-0.4, -0.2) is 49.8 Å². The maximum Gasteiger partial charge on any atom is 0.0587 e. The van der Waals surface area contributed by atoms with Crippen molar-refractivity contribution in [2.45, 2.75) is 50.7 Å². The Kier molecular flexibility index (Phi) is 3.99. The summed E-state index contributed by atoms with van der Waals surface area (Å²) in [5, 5.41) is 3.78. The number of hydrogen-bond acceptors (Lipinski definition) is 3. The third-order valence-corrected chi connectivity index (χ3v) is 4.80. The molecule has 3 heteroatoms. The molecule has 3 nitrogen and oxygen atoms in total. The zero-order valence-electron chi connectivity index (χ0n) is 10.9. The van der Waals surface area contributed by atoms with Gasteiger partial charge in [0.05, 0.1) is 6.10 Å². The maximum atomic E-state index is 5.78. The van der Waals surface area contributed by atoms with E-state index < -0.39 is 0 Å². The monoisotopic (exact) mass is 238 g/mol. The summed E-state index contributed by atoms with van der Waals surface area (Å²) in [5.74, 6) is 0.951. The minimum atomic E-state index is 0.539. The molecule has 4 aliphatic rings. The van der Waals surface area contributed by atoms with E-state index in [-0.39, 0.29) is 0 Å². The Labute approximate surface area is 105 Å². The molecule has 0 aromatic carbocycles. The average molecular weight is 238 g/mol. The zero-order chi connectivity index (χ0) is 11.5. The van der Waals surface area contributed by atoms with Crippen molar-refractivity contribution in [3.8, 4) is 0 Å². The Balaban J connectivity index is 1.36. The lowest BCUT2D eigenvalue weighted by molar-refractivity contribution is 0.00872. The highest BCUT2D eigenvalue weighted by Crippen LogP contribution is 2.27. The fraction of sp³-hybridized carbons (Fsp3) is 1.00. The largest absolute Gasteiger partial charge is 0.378 e. The van der Waals surface area contributed by atoms with E-state index in [1.54, 1.807) is 0 Å². The van der Waals surface area contributed by atoms with E-state index >= 15 is 0 Å². The van der Waals surface area contributed by atoms with Gasteiger partial charge in [0.25, 0.3) is 0 Å². The molecule has 0 radical (unpaired) electrons. The highest BCUT2D eigenvalue weighted by Gasteiger charge is 2.33. The lowest BCUT2D eigenvalue weighted by atomic mass is 9.84. The molecule has 0 saturated carbocycles. The fourth-order valence-corrected chi connectivity index (χ4v) is 3.66. The van der Waals surface area contributed by atoms with Gasteiger partial charge in [-0.2, -0.15) is 0 Å². The number of piperidine rings is 3. The second kappa shape index (κ2) is 5.68. The van der Waals surface area contributed by atoms with Gasteiger partial charge in [-0.05, 0) is 64.1 Å². The lowest BCUT2D eigenvalue weighted by Gasteiger charge is -2.45. The lowest BCUT2D eigenvalue weighted by Crippen LogP contribution is -2.56. The van der Waals surface area contributed by atoms with Crippen LogP contribution in [0.4, 0.5) is 0 Å². The molecule has 4 saturated heterocycles. The molecule has 4 fully saturated rings. The van der Waals surface area contributed by atoms with Gasteiger partial charge in [-0.15, -0.1) is 0 Å². The topological polar surface area (TPSA) is 24.5 Å². The van der Waals surface area contributed by atoms with Gasteiger partial charge in [0.2, 0.25) is 0 Å². The summed E-state index contributed by atoms with van der Waals surface area (Å²) in [6.07, 6.45) is 8.49. The van der Waals surface area contributed by atoms with Gasteiger partial charge in [-0.3, -0.25) is 0 Å². The van der Waals surface area contributed by atoms with E-state index in [0.29, 0.717) is 6.10 Å². The molecule has 2 unspecified atom stereocenters. The fourth-order valence-electron chi connectivity index (χ4n) is 3.66. The quantitative estimate of drug-likeness (QED) is 0.805. The van der Waals surface area contributed by atoms with Gasteiger partial charge < -0.3 is 15.0 Å². The van der Waals surface area contributed by atoms with Crippen molar-refractivity contribution >= 4 is 0 Å². The van der Waals surface area contributed by atoms with Crippen LogP contribution in [0.3, 0.4) is 0 Å². The van der Waals surface area contributed by atoms with Crippen LogP contribution < -0.4 is 5.32 Å². The molecule has 0 spiro atoms. The van der Waals surface area contributed by atoms with Gasteiger partial charge in [0.15, 0.2) is 0 Å². The van der Waals surface area contributed by atoms with Crippen LogP contribution >= 0.6 is 0 Å². The Hall–Kier alpha value is -0.120. The van der Waals surface area contributed by atoms with Crippen LogP contribution in [0.5, 0.6) is 0 Å². The molecule has 0 aromatic heterocycles. The molecule has 4 heterocycles. The number of nitrogens with one attached hydrogen (secondary N) is 1. The van der Waals surface area contributed by atoms with Gasteiger partial charge in [0, 0.05) is 19.2 Å². The number of fused-ring (bicyclic) bond motifs is 3. The van der Waals surface area contributed by atoms with Crippen LogP contribution in [0.1, 0.15) is 38.5 Å². The van der Waals surface area contributed by atoms with Crippen LogP contribution in [0, 0.1) is 5.92 Å². The number of ether oxygens (including phenoxy) is 1. The molecule has 0 aromatic rings. The number of hydrogen-bond donors (Lipinski definition) is 1. The summed E-state index contributed by atoms with van der Waals surface area (Å²) < 4.78 is 5.78. The van der Waals surface area contributed by atoms with E-state index in [0.717, 1.165) is 25.1 Å². The molecule has 0 aliphatic carbocycles. The van der Waals surface area contributed by atoms with E-state index in [4.69, 9.17) is 4.74 Å². The Morgan fingerprint density at radius 1 is 1.12 bits per heavy atom. The maximum absolute atomic E-state index is 5.78. The second-order valence-corrected chi connectivity index (χ2v) is 5.98. The van der Waals surface area contributed by atoms with Crippen LogP contribution in [0.2, 0.25) is 0 Å². The van der Waals surface area contributed by atoms with Gasteiger partial charge in [-0.1, -0.05) is 0 Å². The first-order chi connectivity index (χ1) is 8.42. The van der Waals surface area contributed by atoms with Crippen molar-refractivity contribution in [1.29, 1.82) is 0 Å². The summed E-state index contributed by atoms with van der Waals surface area (Å²) in [6.45, 7) is 6.11. The smallest absolute Gasteiger partial charge is 0.0587 e. The first-order valence-electron chi connectivity index (χ1n) is 7.49. The summed E-state index contributed by atoms with van der Waals surface area (Å²) >= 11 is 0.